The molecule has 0 saturated carbocycles. The van der Waals surface area contributed by atoms with E-state index in [9.17, 15) is 9.90 Å². The maximum atomic E-state index is 12.1. The van der Waals surface area contributed by atoms with E-state index in [-0.39, 0.29) is 12.5 Å². The van der Waals surface area contributed by atoms with Gasteiger partial charge in [-0.25, -0.2) is 4.98 Å². The zero-order valence-electron chi connectivity index (χ0n) is 12.9. The van der Waals surface area contributed by atoms with Crippen molar-refractivity contribution in [2.45, 2.75) is 36.4 Å². The lowest BCUT2D eigenvalue weighted by atomic mass is 10.1. The summed E-state index contributed by atoms with van der Waals surface area (Å²) in [4.78, 5) is 16.5. The molecule has 118 valence electrons. The molecular formula is C16H20N2O2S2. The lowest BCUT2D eigenvalue weighted by Gasteiger charge is -2.23. The highest BCUT2D eigenvalue weighted by atomic mass is 32.2. The van der Waals surface area contributed by atoms with Crippen LogP contribution in [0.2, 0.25) is 0 Å². The van der Waals surface area contributed by atoms with E-state index in [0.717, 1.165) is 21.3 Å². The Kier molecular flexibility index (Phi) is 5.61. The maximum Gasteiger partial charge on any atom is 0.251 e. The Labute approximate surface area is 139 Å². The van der Waals surface area contributed by atoms with Gasteiger partial charge < -0.3 is 10.4 Å². The predicted octanol–water partition coefficient (Wildman–Crippen LogP) is 3.24. The first-order valence-electron chi connectivity index (χ1n) is 6.97. The average Bonchev–Trinajstić information content (AvgIpc) is 2.91. The molecular weight excluding hydrogens is 316 g/mol. The minimum absolute atomic E-state index is 0.0965. The van der Waals surface area contributed by atoms with Gasteiger partial charge in [0.05, 0.1) is 12.1 Å². The third-order valence-electron chi connectivity index (χ3n) is 3.02. The number of rotatable bonds is 6. The standard InChI is InChI=1S/C16H20N2O2S2/c1-11-8-21-15(17-11)22-9-12-4-6-13(7-5-12)14(20)18-16(2,3)10-19/h4-8,19H,9-10H2,1-3H3,(H,18,20). The van der Waals surface area contributed by atoms with Crippen molar-refractivity contribution in [1.29, 1.82) is 0 Å². The summed E-state index contributed by atoms with van der Waals surface area (Å²) in [5.41, 5.74) is 2.18. The molecule has 6 heteroatoms. The third kappa shape index (κ3) is 4.83. The Hall–Kier alpha value is -1.37. The van der Waals surface area contributed by atoms with Crippen molar-refractivity contribution in [3.8, 4) is 0 Å². The van der Waals surface area contributed by atoms with E-state index in [1.807, 2.05) is 36.6 Å². The first-order chi connectivity index (χ1) is 10.4. The van der Waals surface area contributed by atoms with Crippen molar-refractivity contribution in [3.63, 3.8) is 0 Å². The minimum Gasteiger partial charge on any atom is -0.394 e. The fourth-order valence-corrected chi connectivity index (χ4v) is 3.52. The number of aryl methyl sites for hydroxylation is 1. The van der Waals surface area contributed by atoms with Crippen molar-refractivity contribution in [2.24, 2.45) is 0 Å². The first-order valence-corrected chi connectivity index (χ1v) is 8.83. The second-order valence-corrected chi connectivity index (χ2v) is 7.82. The summed E-state index contributed by atoms with van der Waals surface area (Å²) < 4.78 is 1.06. The monoisotopic (exact) mass is 336 g/mol. The van der Waals surface area contributed by atoms with Crippen LogP contribution in [0.4, 0.5) is 0 Å². The summed E-state index contributed by atoms with van der Waals surface area (Å²) in [7, 11) is 0. The number of aliphatic hydroxyl groups excluding tert-OH is 1. The van der Waals surface area contributed by atoms with E-state index < -0.39 is 5.54 Å². The molecule has 0 spiro atoms. The summed E-state index contributed by atoms with van der Waals surface area (Å²) in [5.74, 6) is 0.658. The molecule has 0 aliphatic rings. The molecule has 0 saturated heterocycles. The van der Waals surface area contributed by atoms with Gasteiger partial charge in [0, 0.05) is 22.4 Å². The van der Waals surface area contributed by atoms with Crippen LogP contribution in [0.15, 0.2) is 34.0 Å². The van der Waals surface area contributed by atoms with Crippen LogP contribution < -0.4 is 5.32 Å². The predicted molar refractivity (Wildman–Crippen MR) is 91.5 cm³/mol. The summed E-state index contributed by atoms with van der Waals surface area (Å²) in [6.45, 7) is 5.46. The van der Waals surface area contributed by atoms with Crippen LogP contribution in [0.25, 0.3) is 0 Å². The summed E-state index contributed by atoms with van der Waals surface area (Å²) in [6.07, 6.45) is 0. The lowest BCUT2D eigenvalue weighted by molar-refractivity contribution is 0.0869. The maximum absolute atomic E-state index is 12.1. The van der Waals surface area contributed by atoms with Crippen LogP contribution >= 0.6 is 23.1 Å². The van der Waals surface area contributed by atoms with E-state index in [2.05, 4.69) is 10.3 Å². The first kappa shape index (κ1) is 17.0. The number of hydrogen-bond donors (Lipinski definition) is 2. The van der Waals surface area contributed by atoms with E-state index in [4.69, 9.17) is 0 Å². The van der Waals surface area contributed by atoms with Gasteiger partial charge in [-0.3, -0.25) is 4.79 Å². The molecule has 0 aliphatic carbocycles. The Morgan fingerprint density at radius 1 is 1.36 bits per heavy atom. The second kappa shape index (κ2) is 7.26. The largest absolute Gasteiger partial charge is 0.394 e. The number of thioether (sulfide) groups is 1. The highest BCUT2D eigenvalue weighted by molar-refractivity contribution is 8.00. The fraction of sp³-hybridized carbons (Fsp3) is 0.375. The number of hydrogen-bond acceptors (Lipinski definition) is 5. The van der Waals surface area contributed by atoms with Crippen molar-refractivity contribution >= 4 is 29.0 Å². The SMILES string of the molecule is Cc1csc(SCc2ccc(C(=O)NC(C)(C)CO)cc2)n1. The normalized spacial score (nSPS) is 11.5. The van der Waals surface area contributed by atoms with Crippen molar-refractivity contribution in [2.75, 3.05) is 6.61 Å². The van der Waals surface area contributed by atoms with Gasteiger partial charge in [-0.1, -0.05) is 23.9 Å². The van der Waals surface area contributed by atoms with Crippen molar-refractivity contribution in [3.05, 3.63) is 46.5 Å². The van der Waals surface area contributed by atoms with Gasteiger partial charge in [0.2, 0.25) is 0 Å². The molecule has 1 aromatic heterocycles. The summed E-state index contributed by atoms with van der Waals surface area (Å²) in [6, 6.07) is 7.53. The molecule has 4 nitrogen and oxygen atoms in total. The zero-order valence-corrected chi connectivity index (χ0v) is 14.6. The van der Waals surface area contributed by atoms with Gasteiger partial charge in [-0.05, 0) is 38.5 Å². The van der Waals surface area contributed by atoms with Gasteiger partial charge in [0.15, 0.2) is 0 Å². The topological polar surface area (TPSA) is 62.2 Å². The van der Waals surface area contributed by atoms with E-state index >= 15 is 0 Å². The van der Waals surface area contributed by atoms with Crippen LogP contribution in [-0.4, -0.2) is 28.1 Å². The van der Waals surface area contributed by atoms with Crippen LogP contribution in [0, 0.1) is 6.92 Å². The van der Waals surface area contributed by atoms with Gasteiger partial charge in [0.1, 0.15) is 4.34 Å². The van der Waals surface area contributed by atoms with Crippen LogP contribution in [0.3, 0.4) is 0 Å². The number of carbonyl (C=O) groups is 1. The molecule has 0 atom stereocenters. The van der Waals surface area contributed by atoms with E-state index in [1.165, 1.54) is 0 Å². The molecule has 2 aromatic rings. The number of thiazole rings is 1. The molecule has 2 N–H and O–H groups in total. The molecule has 1 amide bonds. The summed E-state index contributed by atoms with van der Waals surface area (Å²) in [5, 5.41) is 14.0. The van der Waals surface area contributed by atoms with Crippen molar-refractivity contribution in [1.82, 2.24) is 10.3 Å². The molecule has 1 heterocycles. The number of aromatic nitrogens is 1. The van der Waals surface area contributed by atoms with Gasteiger partial charge in [0.25, 0.3) is 5.91 Å². The third-order valence-corrected chi connectivity index (χ3v) is 5.23. The second-order valence-electron chi connectivity index (χ2n) is 5.74. The number of carbonyl (C=O) groups excluding carboxylic acids is 1. The fourth-order valence-electron chi connectivity index (χ4n) is 1.72. The van der Waals surface area contributed by atoms with Gasteiger partial charge >= 0.3 is 0 Å². The zero-order chi connectivity index (χ0) is 16.2. The molecule has 1 aromatic carbocycles. The molecule has 2 rings (SSSR count). The smallest absolute Gasteiger partial charge is 0.251 e. The molecule has 0 unspecified atom stereocenters. The van der Waals surface area contributed by atoms with Gasteiger partial charge in [-0.15, -0.1) is 11.3 Å². The number of nitrogens with zero attached hydrogens (tertiary/aromatic N) is 1. The highest BCUT2D eigenvalue weighted by Crippen LogP contribution is 2.26. The van der Waals surface area contributed by atoms with Crippen molar-refractivity contribution < 1.29 is 9.90 Å². The molecule has 0 aliphatic heterocycles. The highest BCUT2D eigenvalue weighted by Gasteiger charge is 2.19. The van der Waals surface area contributed by atoms with Gasteiger partial charge in [-0.2, -0.15) is 0 Å². The summed E-state index contributed by atoms with van der Waals surface area (Å²) >= 11 is 3.35. The quantitative estimate of drug-likeness (QED) is 0.795. The Morgan fingerprint density at radius 3 is 2.59 bits per heavy atom. The number of amides is 1. The molecule has 0 radical (unpaired) electrons. The van der Waals surface area contributed by atoms with Crippen LogP contribution in [0.5, 0.6) is 0 Å². The average molecular weight is 336 g/mol. The Morgan fingerprint density at radius 2 is 2.05 bits per heavy atom. The Bertz CT molecular complexity index is 636. The Balaban J connectivity index is 1.93. The van der Waals surface area contributed by atoms with Crippen LogP contribution in [0.1, 0.15) is 35.5 Å². The van der Waals surface area contributed by atoms with E-state index in [0.29, 0.717) is 5.56 Å². The minimum atomic E-state index is -0.617. The lowest BCUT2D eigenvalue weighted by Crippen LogP contribution is -2.46. The molecule has 22 heavy (non-hydrogen) atoms. The van der Waals surface area contributed by atoms with E-state index in [1.54, 1.807) is 36.9 Å². The number of benzene rings is 1. The molecule has 0 bridgehead atoms. The molecule has 0 fully saturated rings. The number of nitrogens with one attached hydrogen (secondary N) is 1. The number of aliphatic hydroxyl groups is 1. The van der Waals surface area contributed by atoms with Crippen LogP contribution in [-0.2, 0) is 5.75 Å².